The molecule has 2 rings (SSSR count). The Kier molecular flexibility index (Phi) is 4.84. The van der Waals surface area contributed by atoms with Crippen molar-refractivity contribution in [1.29, 1.82) is 5.26 Å². The molecular formula is C16H17F3N2O4. The molecule has 2 atom stereocenters. The molecule has 0 saturated heterocycles. The van der Waals surface area contributed by atoms with Crippen LogP contribution in [0.1, 0.15) is 32.6 Å². The van der Waals surface area contributed by atoms with Crippen molar-refractivity contribution in [2.45, 2.75) is 38.8 Å². The van der Waals surface area contributed by atoms with Crippen molar-refractivity contribution in [3.05, 3.63) is 22.8 Å². The second-order valence-corrected chi connectivity index (χ2v) is 6.01. The van der Waals surface area contributed by atoms with E-state index in [1.54, 1.807) is 6.92 Å². The minimum atomic E-state index is -5.12. The van der Waals surface area contributed by atoms with Crippen molar-refractivity contribution in [2.75, 3.05) is 7.11 Å². The van der Waals surface area contributed by atoms with Gasteiger partial charge in [-0.25, -0.2) is 0 Å². The Morgan fingerprint density at radius 2 is 2.12 bits per heavy atom. The van der Waals surface area contributed by atoms with Gasteiger partial charge in [-0.05, 0) is 5.92 Å². The number of ether oxygens (including phenoxy) is 2. The molecule has 25 heavy (non-hydrogen) atoms. The number of rotatable bonds is 3. The van der Waals surface area contributed by atoms with Crippen molar-refractivity contribution in [1.82, 2.24) is 0 Å². The Morgan fingerprint density at radius 3 is 2.60 bits per heavy atom. The van der Waals surface area contributed by atoms with Crippen molar-refractivity contribution in [3.63, 3.8) is 0 Å². The molecule has 0 unspecified atom stereocenters. The summed E-state index contributed by atoms with van der Waals surface area (Å²) in [5.74, 6) is -3.16. The van der Waals surface area contributed by atoms with Gasteiger partial charge in [0.2, 0.25) is 5.88 Å². The van der Waals surface area contributed by atoms with Crippen LogP contribution in [0, 0.1) is 22.7 Å². The smallest absolute Gasteiger partial charge is 0.404 e. The molecular weight excluding hydrogens is 341 g/mol. The zero-order valence-corrected chi connectivity index (χ0v) is 13.7. The maximum atomic E-state index is 14.1. The molecule has 0 saturated carbocycles. The van der Waals surface area contributed by atoms with Crippen LogP contribution in [0.3, 0.4) is 0 Å². The fourth-order valence-corrected chi connectivity index (χ4v) is 3.33. The number of nitrogens with zero attached hydrogens (tertiary/aromatic N) is 1. The number of carbonyl (C=O) groups is 2. The molecule has 0 aromatic rings. The largest absolute Gasteiger partial charge is 0.469 e. The first-order chi connectivity index (χ1) is 11.6. The first kappa shape index (κ1) is 18.8. The molecule has 6 nitrogen and oxygen atoms in total. The van der Waals surface area contributed by atoms with Gasteiger partial charge >= 0.3 is 12.1 Å². The molecule has 0 fully saturated rings. The number of hydrogen-bond acceptors (Lipinski definition) is 6. The van der Waals surface area contributed by atoms with Gasteiger partial charge in [0.15, 0.2) is 5.78 Å². The Morgan fingerprint density at radius 1 is 1.48 bits per heavy atom. The average molecular weight is 358 g/mol. The van der Waals surface area contributed by atoms with E-state index in [0.717, 1.165) is 7.11 Å². The third-order valence-electron chi connectivity index (χ3n) is 4.65. The van der Waals surface area contributed by atoms with Crippen molar-refractivity contribution in [3.8, 4) is 6.07 Å². The molecule has 2 N–H and O–H groups in total. The number of esters is 1. The number of ketones is 1. The first-order valence-corrected chi connectivity index (χ1v) is 7.60. The number of alkyl halides is 3. The second kappa shape index (κ2) is 6.43. The van der Waals surface area contributed by atoms with Crippen LogP contribution in [0.5, 0.6) is 0 Å². The molecule has 1 heterocycles. The van der Waals surface area contributed by atoms with E-state index in [0.29, 0.717) is 6.42 Å². The third kappa shape index (κ3) is 2.86. The van der Waals surface area contributed by atoms with Gasteiger partial charge < -0.3 is 15.2 Å². The van der Waals surface area contributed by atoms with E-state index in [1.807, 2.05) is 0 Å². The highest BCUT2D eigenvalue weighted by Gasteiger charge is 2.66. The van der Waals surface area contributed by atoms with Crippen LogP contribution >= 0.6 is 0 Å². The number of allylic oxidation sites excluding steroid dienone is 3. The van der Waals surface area contributed by atoms with Gasteiger partial charge in [0.1, 0.15) is 22.8 Å². The number of methoxy groups -OCH3 is 1. The quantitative estimate of drug-likeness (QED) is 0.778. The predicted molar refractivity (Wildman–Crippen MR) is 78.1 cm³/mol. The summed E-state index contributed by atoms with van der Waals surface area (Å²) < 4.78 is 52.0. The second-order valence-electron chi connectivity index (χ2n) is 6.01. The van der Waals surface area contributed by atoms with Crippen molar-refractivity contribution in [2.24, 2.45) is 17.1 Å². The van der Waals surface area contributed by atoms with E-state index in [9.17, 15) is 28.0 Å². The van der Waals surface area contributed by atoms with Crippen LogP contribution in [0.15, 0.2) is 22.8 Å². The highest BCUT2D eigenvalue weighted by atomic mass is 19.4. The van der Waals surface area contributed by atoms with Gasteiger partial charge in [-0.1, -0.05) is 13.3 Å². The molecule has 0 aromatic heterocycles. The maximum Gasteiger partial charge on any atom is 0.404 e. The standard InChI is InChI=1S/C16H17F3N2O4/c1-3-8-4-10(22)13-11(5-8)25-14(21)9(7-20)15(13,16(17,18)19)6-12(23)24-2/h8H,3-6,21H2,1-2H3/t8-,15+/m0/s1. The monoisotopic (exact) mass is 358 g/mol. The summed E-state index contributed by atoms with van der Waals surface area (Å²) in [5, 5.41) is 9.27. The Hall–Kier alpha value is -2.50. The van der Waals surface area contributed by atoms with Gasteiger partial charge in [-0.2, -0.15) is 18.4 Å². The van der Waals surface area contributed by atoms with E-state index in [-0.39, 0.29) is 24.5 Å². The van der Waals surface area contributed by atoms with Gasteiger partial charge in [-0.3, -0.25) is 9.59 Å². The molecule has 0 aromatic carbocycles. The van der Waals surface area contributed by atoms with Gasteiger partial charge in [0.25, 0.3) is 0 Å². The van der Waals surface area contributed by atoms with E-state index >= 15 is 0 Å². The van der Waals surface area contributed by atoms with Crippen molar-refractivity contribution < 1.29 is 32.2 Å². The lowest BCUT2D eigenvalue weighted by Gasteiger charge is -2.42. The summed E-state index contributed by atoms with van der Waals surface area (Å²) in [6.07, 6.45) is -5.83. The van der Waals surface area contributed by atoms with Crippen LogP contribution in [0.25, 0.3) is 0 Å². The maximum absolute atomic E-state index is 14.1. The van der Waals surface area contributed by atoms with E-state index in [2.05, 4.69) is 4.74 Å². The fourth-order valence-electron chi connectivity index (χ4n) is 3.33. The summed E-state index contributed by atoms with van der Waals surface area (Å²) in [6.45, 7) is 1.80. The summed E-state index contributed by atoms with van der Waals surface area (Å²) >= 11 is 0. The van der Waals surface area contributed by atoms with Gasteiger partial charge in [0, 0.05) is 12.8 Å². The Balaban J connectivity index is 2.79. The summed E-state index contributed by atoms with van der Waals surface area (Å²) in [4.78, 5) is 24.3. The lowest BCUT2D eigenvalue weighted by atomic mass is 9.64. The van der Waals surface area contributed by atoms with Gasteiger partial charge in [-0.15, -0.1) is 0 Å². The van der Waals surface area contributed by atoms with E-state index in [1.165, 1.54) is 6.07 Å². The van der Waals surface area contributed by atoms with Crippen LogP contribution in [0.4, 0.5) is 13.2 Å². The normalized spacial score (nSPS) is 26.7. The van der Waals surface area contributed by atoms with Gasteiger partial charge in [0.05, 0.1) is 19.1 Å². The minimum Gasteiger partial charge on any atom is -0.469 e. The lowest BCUT2D eigenvalue weighted by molar-refractivity contribution is -0.206. The molecule has 0 amide bonds. The zero-order valence-electron chi connectivity index (χ0n) is 13.7. The summed E-state index contributed by atoms with van der Waals surface area (Å²) in [7, 11) is 0.927. The summed E-state index contributed by atoms with van der Waals surface area (Å²) in [5.41, 5.74) is 0.704. The van der Waals surface area contributed by atoms with E-state index in [4.69, 9.17) is 10.5 Å². The summed E-state index contributed by atoms with van der Waals surface area (Å²) in [6, 6.07) is 1.37. The number of nitriles is 1. The number of carbonyl (C=O) groups excluding carboxylic acids is 2. The van der Waals surface area contributed by atoms with Crippen LogP contribution in [0.2, 0.25) is 0 Å². The number of hydrogen-bond donors (Lipinski definition) is 1. The topological polar surface area (TPSA) is 102 Å². The predicted octanol–water partition coefficient (Wildman–Crippen LogP) is 2.47. The molecule has 9 heteroatoms. The molecule has 1 aliphatic heterocycles. The highest BCUT2D eigenvalue weighted by molar-refractivity contribution is 6.00. The van der Waals surface area contributed by atoms with Crippen LogP contribution in [-0.4, -0.2) is 25.0 Å². The SMILES string of the molecule is CC[C@H]1CC(=O)C2=C(C1)OC(N)=C(C#N)[C@@]2(CC(=O)OC)C(F)(F)F. The minimum absolute atomic E-state index is 0.0793. The Bertz CT molecular complexity index is 718. The molecule has 136 valence electrons. The van der Waals surface area contributed by atoms with E-state index < -0.39 is 46.8 Å². The number of halogens is 3. The van der Waals surface area contributed by atoms with Crippen LogP contribution < -0.4 is 5.73 Å². The molecule has 0 bridgehead atoms. The van der Waals surface area contributed by atoms with Crippen LogP contribution in [-0.2, 0) is 19.1 Å². The first-order valence-electron chi connectivity index (χ1n) is 7.60. The zero-order chi connectivity index (χ0) is 19.0. The number of nitrogens with two attached hydrogens (primary N) is 1. The third-order valence-corrected chi connectivity index (χ3v) is 4.65. The fraction of sp³-hybridized carbons (Fsp3) is 0.562. The Labute approximate surface area is 142 Å². The highest BCUT2D eigenvalue weighted by Crippen LogP contribution is 2.58. The molecule has 0 radical (unpaired) electrons. The molecule has 1 aliphatic carbocycles. The molecule has 2 aliphatic rings. The lowest BCUT2D eigenvalue weighted by Crippen LogP contribution is -2.50. The van der Waals surface area contributed by atoms with Crippen molar-refractivity contribution >= 4 is 11.8 Å². The number of Topliss-reactive ketones (excluding diaryl/α,β-unsaturated/α-hetero) is 1. The molecule has 0 spiro atoms. The average Bonchev–Trinajstić information content (AvgIpc) is 2.52.